The topological polar surface area (TPSA) is 23.8 Å². The van der Waals surface area contributed by atoms with E-state index in [0.717, 1.165) is 5.56 Å². The first-order chi connectivity index (χ1) is 5.74. The van der Waals surface area contributed by atoms with Crippen molar-refractivity contribution in [3.05, 3.63) is 40.1 Å². The quantitative estimate of drug-likeness (QED) is 0.675. The highest BCUT2D eigenvalue weighted by molar-refractivity contribution is 9.10. The zero-order valence-corrected chi connectivity index (χ0v) is 7.68. The van der Waals surface area contributed by atoms with Gasteiger partial charge in [0, 0.05) is 10.5 Å². The maximum absolute atomic E-state index is 12.6. The van der Waals surface area contributed by atoms with Crippen LogP contribution >= 0.6 is 15.9 Å². The molecule has 0 bridgehead atoms. The molecule has 0 saturated heterocycles. The van der Waals surface area contributed by atoms with Gasteiger partial charge < -0.3 is 0 Å². The van der Waals surface area contributed by atoms with Crippen molar-refractivity contribution in [3.8, 4) is 6.07 Å². The lowest BCUT2D eigenvalue weighted by Crippen LogP contribution is -1.77. The van der Waals surface area contributed by atoms with E-state index in [1.807, 2.05) is 6.07 Å². The summed E-state index contributed by atoms with van der Waals surface area (Å²) in [5.74, 6) is -0.295. The van der Waals surface area contributed by atoms with Crippen molar-refractivity contribution < 1.29 is 4.39 Å². The van der Waals surface area contributed by atoms with Crippen LogP contribution < -0.4 is 0 Å². The fourth-order valence-corrected chi connectivity index (χ4v) is 1.25. The van der Waals surface area contributed by atoms with Crippen molar-refractivity contribution in [2.24, 2.45) is 0 Å². The highest BCUT2D eigenvalue weighted by atomic mass is 79.9. The van der Waals surface area contributed by atoms with Crippen LogP contribution in [-0.2, 0) is 0 Å². The molecule has 0 radical (unpaired) electrons. The largest absolute Gasteiger partial charge is 0.207 e. The third-order valence-corrected chi connectivity index (χ3v) is 1.99. The van der Waals surface area contributed by atoms with Gasteiger partial charge in [0.05, 0.1) is 6.07 Å². The van der Waals surface area contributed by atoms with E-state index in [0.29, 0.717) is 4.47 Å². The molecular weight excluding hydrogens is 221 g/mol. The maximum atomic E-state index is 12.6. The van der Waals surface area contributed by atoms with Gasteiger partial charge in [0.1, 0.15) is 5.82 Å². The predicted octanol–water partition coefficient (Wildman–Crippen LogP) is 3.12. The summed E-state index contributed by atoms with van der Waals surface area (Å²) in [6.45, 7) is 0. The van der Waals surface area contributed by atoms with Crippen LogP contribution in [0.25, 0.3) is 6.08 Å². The number of halogens is 2. The predicted molar refractivity (Wildman–Crippen MR) is 48.7 cm³/mol. The normalized spacial score (nSPS) is 10.1. The van der Waals surface area contributed by atoms with Crippen molar-refractivity contribution in [1.82, 2.24) is 0 Å². The number of allylic oxidation sites excluding steroid dienone is 1. The fourth-order valence-electron chi connectivity index (χ4n) is 0.764. The van der Waals surface area contributed by atoms with Gasteiger partial charge in [0.2, 0.25) is 0 Å². The lowest BCUT2D eigenvalue weighted by molar-refractivity contribution is 0.627. The Morgan fingerprint density at radius 1 is 1.50 bits per heavy atom. The van der Waals surface area contributed by atoms with Gasteiger partial charge in [-0.2, -0.15) is 5.26 Å². The smallest absolute Gasteiger partial charge is 0.124 e. The van der Waals surface area contributed by atoms with E-state index >= 15 is 0 Å². The standard InChI is InChI=1S/C9H5BrFN/c10-9-6-8(11)4-3-7(9)2-1-5-12/h1-4,6H. The molecule has 0 unspecified atom stereocenters. The average molecular weight is 226 g/mol. The molecule has 0 aliphatic rings. The molecule has 1 rings (SSSR count). The molecule has 60 valence electrons. The molecule has 0 aliphatic heterocycles. The molecule has 0 saturated carbocycles. The van der Waals surface area contributed by atoms with Gasteiger partial charge in [-0.05, 0) is 23.8 Å². The minimum Gasteiger partial charge on any atom is -0.207 e. The van der Waals surface area contributed by atoms with Crippen LogP contribution in [0.4, 0.5) is 4.39 Å². The zero-order valence-electron chi connectivity index (χ0n) is 6.09. The number of benzene rings is 1. The first kappa shape index (κ1) is 8.95. The van der Waals surface area contributed by atoms with E-state index in [-0.39, 0.29) is 5.82 Å². The van der Waals surface area contributed by atoms with Crippen LogP contribution in [0.5, 0.6) is 0 Å². The van der Waals surface area contributed by atoms with Gasteiger partial charge in [-0.15, -0.1) is 0 Å². The number of nitriles is 1. The van der Waals surface area contributed by atoms with Gasteiger partial charge in [-0.1, -0.05) is 22.0 Å². The highest BCUT2D eigenvalue weighted by Crippen LogP contribution is 2.18. The Morgan fingerprint density at radius 2 is 2.25 bits per heavy atom. The summed E-state index contributed by atoms with van der Waals surface area (Å²) in [5, 5.41) is 8.25. The summed E-state index contributed by atoms with van der Waals surface area (Å²) in [5.41, 5.74) is 0.790. The Kier molecular flexibility index (Phi) is 3.01. The summed E-state index contributed by atoms with van der Waals surface area (Å²) < 4.78 is 13.2. The molecule has 0 fully saturated rings. The van der Waals surface area contributed by atoms with Crippen LogP contribution in [0.1, 0.15) is 5.56 Å². The summed E-state index contributed by atoms with van der Waals surface area (Å²) in [6, 6.07) is 6.17. The summed E-state index contributed by atoms with van der Waals surface area (Å²) in [6.07, 6.45) is 2.96. The molecule has 1 aromatic carbocycles. The third-order valence-electron chi connectivity index (χ3n) is 1.30. The van der Waals surface area contributed by atoms with Crippen molar-refractivity contribution in [3.63, 3.8) is 0 Å². The van der Waals surface area contributed by atoms with E-state index in [1.165, 1.54) is 18.2 Å². The maximum Gasteiger partial charge on any atom is 0.124 e. The third kappa shape index (κ3) is 2.18. The fraction of sp³-hybridized carbons (Fsp3) is 0. The van der Waals surface area contributed by atoms with Crippen LogP contribution in [0.3, 0.4) is 0 Å². The average Bonchev–Trinajstić information content (AvgIpc) is 2.03. The molecule has 0 atom stereocenters. The van der Waals surface area contributed by atoms with Gasteiger partial charge in [-0.3, -0.25) is 0 Å². The molecule has 0 spiro atoms. The van der Waals surface area contributed by atoms with E-state index in [4.69, 9.17) is 5.26 Å². The monoisotopic (exact) mass is 225 g/mol. The Labute approximate surface area is 78.3 Å². The molecule has 0 amide bonds. The van der Waals surface area contributed by atoms with E-state index < -0.39 is 0 Å². The van der Waals surface area contributed by atoms with Crippen LogP contribution in [-0.4, -0.2) is 0 Å². The number of nitrogens with zero attached hydrogens (tertiary/aromatic N) is 1. The molecular formula is C9H5BrFN. The van der Waals surface area contributed by atoms with Crippen molar-refractivity contribution in [1.29, 1.82) is 5.26 Å². The molecule has 0 N–H and O–H groups in total. The SMILES string of the molecule is N#CC=Cc1ccc(F)cc1Br. The first-order valence-corrected chi connectivity index (χ1v) is 4.04. The Hall–Kier alpha value is -1.14. The zero-order chi connectivity index (χ0) is 8.97. The molecule has 1 nitrogen and oxygen atoms in total. The lowest BCUT2D eigenvalue weighted by atomic mass is 10.2. The van der Waals surface area contributed by atoms with Crippen molar-refractivity contribution >= 4 is 22.0 Å². The Balaban J connectivity index is 3.03. The van der Waals surface area contributed by atoms with Gasteiger partial charge in [-0.25, -0.2) is 4.39 Å². The summed E-state index contributed by atoms with van der Waals surface area (Å²) in [7, 11) is 0. The Bertz CT molecular complexity index is 352. The number of hydrogen-bond donors (Lipinski definition) is 0. The van der Waals surface area contributed by atoms with Gasteiger partial charge in [0.15, 0.2) is 0 Å². The molecule has 0 aliphatic carbocycles. The summed E-state index contributed by atoms with van der Waals surface area (Å²) >= 11 is 3.18. The molecule has 0 aromatic heterocycles. The molecule has 0 heterocycles. The molecule has 3 heteroatoms. The molecule has 1 aromatic rings. The minimum atomic E-state index is -0.295. The van der Waals surface area contributed by atoms with Crippen LogP contribution in [0, 0.1) is 17.1 Å². The van der Waals surface area contributed by atoms with E-state index in [1.54, 1.807) is 12.1 Å². The van der Waals surface area contributed by atoms with Crippen molar-refractivity contribution in [2.75, 3.05) is 0 Å². The second kappa shape index (κ2) is 4.03. The van der Waals surface area contributed by atoms with Crippen LogP contribution in [0.2, 0.25) is 0 Å². The second-order valence-corrected chi connectivity index (χ2v) is 2.98. The number of rotatable bonds is 1. The van der Waals surface area contributed by atoms with Gasteiger partial charge >= 0.3 is 0 Å². The molecule has 12 heavy (non-hydrogen) atoms. The van der Waals surface area contributed by atoms with E-state index in [2.05, 4.69) is 15.9 Å². The lowest BCUT2D eigenvalue weighted by Gasteiger charge is -1.96. The Morgan fingerprint density at radius 3 is 2.83 bits per heavy atom. The van der Waals surface area contributed by atoms with Crippen LogP contribution in [0.15, 0.2) is 28.7 Å². The first-order valence-electron chi connectivity index (χ1n) is 3.25. The van der Waals surface area contributed by atoms with Gasteiger partial charge in [0.25, 0.3) is 0 Å². The summed E-state index contributed by atoms with van der Waals surface area (Å²) in [4.78, 5) is 0. The van der Waals surface area contributed by atoms with E-state index in [9.17, 15) is 4.39 Å². The number of hydrogen-bond acceptors (Lipinski definition) is 1. The second-order valence-electron chi connectivity index (χ2n) is 2.13. The highest BCUT2D eigenvalue weighted by Gasteiger charge is 1.96. The minimum absolute atomic E-state index is 0.295. The van der Waals surface area contributed by atoms with Crippen molar-refractivity contribution in [2.45, 2.75) is 0 Å².